The molecule has 4 aromatic rings. The zero-order valence-electron chi connectivity index (χ0n) is 17.7. The van der Waals surface area contributed by atoms with Crippen molar-refractivity contribution in [1.29, 1.82) is 0 Å². The second-order valence-electron chi connectivity index (χ2n) is 7.51. The van der Waals surface area contributed by atoms with Gasteiger partial charge in [0.25, 0.3) is 5.91 Å². The molecule has 3 aromatic carbocycles. The van der Waals surface area contributed by atoms with E-state index in [0.717, 1.165) is 5.56 Å². The number of benzene rings is 3. The van der Waals surface area contributed by atoms with Gasteiger partial charge in [0.1, 0.15) is 23.8 Å². The molecule has 0 saturated carbocycles. The SMILES string of the molecule is Cc1ccc(Cl)cc1NC(=O)c1cn(Cc2cccc(F)c2)nc1OCc1cccc(F)c1. The van der Waals surface area contributed by atoms with Crippen LogP contribution in [0.15, 0.2) is 72.9 Å². The molecule has 1 amide bonds. The summed E-state index contributed by atoms with van der Waals surface area (Å²) in [6.45, 7) is 2.10. The third-order valence-electron chi connectivity index (χ3n) is 4.92. The molecule has 0 unspecified atom stereocenters. The minimum absolute atomic E-state index is 0.0191. The van der Waals surface area contributed by atoms with Gasteiger partial charge in [-0.2, -0.15) is 0 Å². The van der Waals surface area contributed by atoms with E-state index in [-0.39, 0.29) is 36.2 Å². The van der Waals surface area contributed by atoms with Crippen LogP contribution >= 0.6 is 11.6 Å². The lowest BCUT2D eigenvalue weighted by Crippen LogP contribution is -2.13. The van der Waals surface area contributed by atoms with Gasteiger partial charge in [-0.05, 0) is 60.0 Å². The van der Waals surface area contributed by atoms with E-state index in [0.29, 0.717) is 21.8 Å². The lowest BCUT2D eigenvalue weighted by atomic mass is 10.2. The first-order valence-electron chi connectivity index (χ1n) is 10.1. The third kappa shape index (κ3) is 5.75. The summed E-state index contributed by atoms with van der Waals surface area (Å²) in [6, 6.07) is 17.3. The Morgan fingerprint density at radius 1 is 1.03 bits per heavy atom. The van der Waals surface area contributed by atoms with E-state index in [2.05, 4.69) is 10.4 Å². The van der Waals surface area contributed by atoms with Crippen LogP contribution in [0.4, 0.5) is 14.5 Å². The molecule has 0 aliphatic carbocycles. The Morgan fingerprint density at radius 2 is 1.73 bits per heavy atom. The molecule has 0 radical (unpaired) electrons. The molecule has 0 aliphatic rings. The Labute approximate surface area is 194 Å². The van der Waals surface area contributed by atoms with E-state index in [4.69, 9.17) is 16.3 Å². The van der Waals surface area contributed by atoms with Gasteiger partial charge in [-0.1, -0.05) is 41.9 Å². The molecule has 0 spiro atoms. The first kappa shape index (κ1) is 22.5. The maximum Gasteiger partial charge on any atom is 0.262 e. The normalized spacial score (nSPS) is 10.8. The van der Waals surface area contributed by atoms with Crippen LogP contribution in [-0.4, -0.2) is 15.7 Å². The lowest BCUT2D eigenvalue weighted by Gasteiger charge is -2.09. The molecule has 5 nitrogen and oxygen atoms in total. The summed E-state index contributed by atoms with van der Waals surface area (Å²) in [5.41, 5.74) is 2.84. The molecule has 1 heterocycles. The van der Waals surface area contributed by atoms with E-state index in [9.17, 15) is 13.6 Å². The topological polar surface area (TPSA) is 56.2 Å². The van der Waals surface area contributed by atoms with Crippen LogP contribution in [0.2, 0.25) is 5.02 Å². The fourth-order valence-electron chi connectivity index (χ4n) is 3.27. The minimum Gasteiger partial charge on any atom is -0.471 e. The minimum atomic E-state index is -0.444. The number of hydrogen-bond donors (Lipinski definition) is 1. The fraction of sp³-hybridized carbons (Fsp3) is 0.120. The number of anilines is 1. The maximum atomic E-state index is 13.6. The fourth-order valence-corrected chi connectivity index (χ4v) is 3.44. The summed E-state index contributed by atoms with van der Waals surface area (Å²) in [5, 5.41) is 7.68. The molecular weight excluding hydrogens is 448 g/mol. The van der Waals surface area contributed by atoms with Crippen molar-refractivity contribution in [1.82, 2.24) is 9.78 Å². The number of halogens is 3. The molecule has 0 bridgehead atoms. The van der Waals surface area contributed by atoms with Crippen LogP contribution < -0.4 is 10.1 Å². The quantitative estimate of drug-likeness (QED) is 0.362. The van der Waals surface area contributed by atoms with Crippen molar-refractivity contribution in [3.05, 3.63) is 112 Å². The van der Waals surface area contributed by atoms with Gasteiger partial charge in [-0.15, -0.1) is 5.10 Å². The Morgan fingerprint density at radius 3 is 2.45 bits per heavy atom. The number of aryl methyl sites for hydroxylation is 1. The molecule has 4 rings (SSSR count). The monoisotopic (exact) mass is 467 g/mol. The second kappa shape index (κ2) is 9.83. The van der Waals surface area contributed by atoms with Crippen molar-refractivity contribution in [3.63, 3.8) is 0 Å². The van der Waals surface area contributed by atoms with Crippen LogP contribution in [0.5, 0.6) is 5.88 Å². The average Bonchev–Trinajstić information content (AvgIpc) is 3.17. The number of nitrogens with one attached hydrogen (secondary N) is 1. The standard InChI is InChI=1S/C25H20ClF2N3O2/c1-16-8-9-19(26)12-23(16)29-24(32)22-14-31(13-17-4-2-6-20(27)10-17)30-25(22)33-15-18-5-3-7-21(28)11-18/h2-12,14H,13,15H2,1H3,(H,29,32). The van der Waals surface area contributed by atoms with Crippen molar-refractivity contribution in [3.8, 4) is 5.88 Å². The Bertz CT molecular complexity index is 1310. The lowest BCUT2D eigenvalue weighted by molar-refractivity contribution is 0.102. The van der Waals surface area contributed by atoms with Gasteiger partial charge in [0, 0.05) is 16.9 Å². The van der Waals surface area contributed by atoms with E-state index in [1.165, 1.54) is 35.1 Å². The van der Waals surface area contributed by atoms with Gasteiger partial charge < -0.3 is 10.1 Å². The molecule has 0 atom stereocenters. The zero-order chi connectivity index (χ0) is 23.4. The van der Waals surface area contributed by atoms with Crippen LogP contribution in [0.1, 0.15) is 27.0 Å². The van der Waals surface area contributed by atoms with Crippen LogP contribution in [0.25, 0.3) is 0 Å². The Balaban J connectivity index is 1.61. The second-order valence-corrected chi connectivity index (χ2v) is 7.94. The number of carbonyl (C=O) groups is 1. The van der Waals surface area contributed by atoms with Crippen LogP contribution in [0.3, 0.4) is 0 Å². The molecule has 0 aliphatic heterocycles. The zero-order valence-corrected chi connectivity index (χ0v) is 18.4. The van der Waals surface area contributed by atoms with Crippen molar-refractivity contribution in [2.45, 2.75) is 20.1 Å². The highest BCUT2D eigenvalue weighted by atomic mass is 35.5. The van der Waals surface area contributed by atoms with E-state index in [1.54, 1.807) is 42.5 Å². The van der Waals surface area contributed by atoms with Gasteiger partial charge in [-0.25, -0.2) is 8.78 Å². The van der Waals surface area contributed by atoms with Gasteiger partial charge in [0.05, 0.1) is 6.54 Å². The van der Waals surface area contributed by atoms with Gasteiger partial charge in [0.2, 0.25) is 5.88 Å². The number of amides is 1. The smallest absolute Gasteiger partial charge is 0.262 e. The molecule has 1 N–H and O–H groups in total. The predicted octanol–water partition coefficient (Wildman–Crippen LogP) is 6.00. The molecule has 33 heavy (non-hydrogen) atoms. The molecule has 168 valence electrons. The van der Waals surface area contributed by atoms with Crippen LogP contribution in [0, 0.1) is 18.6 Å². The molecule has 0 fully saturated rings. The number of nitrogens with zero attached hydrogens (tertiary/aromatic N) is 2. The summed E-state index contributed by atoms with van der Waals surface area (Å²) in [5.74, 6) is -1.12. The summed E-state index contributed by atoms with van der Waals surface area (Å²) in [4.78, 5) is 13.1. The average molecular weight is 468 g/mol. The van der Waals surface area contributed by atoms with Gasteiger partial charge in [0.15, 0.2) is 0 Å². The first-order valence-corrected chi connectivity index (χ1v) is 10.5. The third-order valence-corrected chi connectivity index (χ3v) is 5.15. The highest BCUT2D eigenvalue weighted by Crippen LogP contribution is 2.24. The van der Waals surface area contributed by atoms with E-state index in [1.807, 2.05) is 6.92 Å². The molecule has 0 saturated heterocycles. The van der Waals surface area contributed by atoms with Crippen molar-refractivity contribution in [2.75, 3.05) is 5.32 Å². The van der Waals surface area contributed by atoms with Gasteiger partial charge >= 0.3 is 0 Å². The number of carbonyl (C=O) groups excluding carboxylic acids is 1. The van der Waals surface area contributed by atoms with Crippen molar-refractivity contribution >= 4 is 23.2 Å². The van der Waals surface area contributed by atoms with E-state index >= 15 is 0 Å². The predicted molar refractivity (Wildman–Crippen MR) is 123 cm³/mol. The summed E-state index contributed by atoms with van der Waals surface area (Å²) >= 11 is 6.06. The number of rotatable bonds is 7. The highest BCUT2D eigenvalue weighted by molar-refractivity contribution is 6.31. The van der Waals surface area contributed by atoms with Crippen molar-refractivity contribution < 1.29 is 18.3 Å². The first-order chi connectivity index (χ1) is 15.9. The van der Waals surface area contributed by atoms with Gasteiger partial charge in [-0.3, -0.25) is 9.48 Å². The number of aromatic nitrogens is 2. The largest absolute Gasteiger partial charge is 0.471 e. The summed E-state index contributed by atoms with van der Waals surface area (Å²) in [6.07, 6.45) is 1.53. The van der Waals surface area contributed by atoms with E-state index < -0.39 is 5.91 Å². The maximum absolute atomic E-state index is 13.6. The number of ether oxygens (including phenoxy) is 1. The highest BCUT2D eigenvalue weighted by Gasteiger charge is 2.19. The summed E-state index contributed by atoms with van der Waals surface area (Å²) in [7, 11) is 0. The number of hydrogen-bond acceptors (Lipinski definition) is 3. The molecular formula is C25H20ClF2N3O2. The molecule has 1 aromatic heterocycles. The van der Waals surface area contributed by atoms with Crippen molar-refractivity contribution in [2.24, 2.45) is 0 Å². The Hall–Kier alpha value is -3.71. The molecule has 8 heteroatoms. The Kier molecular flexibility index (Phi) is 6.70. The van der Waals surface area contributed by atoms with Crippen LogP contribution in [-0.2, 0) is 13.2 Å². The summed E-state index contributed by atoms with van der Waals surface area (Å²) < 4.78 is 34.4.